The zero-order valence-electron chi connectivity index (χ0n) is 26.9. The minimum absolute atomic E-state index is 0.285. The van der Waals surface area contributed by atoms with E-state index in [1.165, 1.54) is 82.7 Å². The van der Waals surface area contributed by atoms with Gasteiger partial charge < -0.3 is 4.42 Å². The summed E-state index contributed by atoms with van der Waals surface area (Å²) in [6.45, 7) is 2.42. The SMILES string of the molecule is CC12c3cccc(c3)-c3ccccc3-c3c4ccccc4c(-c4ccc(-c5nc6ccccc6o5)cc4)c4cc(c1cc34)-c1ccccc12. The summed E-state index contributed by atoms with van der Waals surface area (Å²) in [5, 5.41) is 5.05. The molecular weight excluding hydrogens is 595 g/mol. The molecule has 0 saturated carbocycles. The van der Waals surface area contributed by atoms with Crippen LogP contribution >= 0.6 is 0 Å². The molecule has 11 rings (SSSR count). The molecule has 2 aliphatic carbocycles. The Labute approximate surface area is 283 Å². The molecule has 0 radical (unpaired) electrons. The highest BCUT2D eigenvalue weighted by Crippen LogP contribution is 2.57. The number of hydrogen-bond acceptors (Lipinski definition) is 2. The molecule has 0 N–H and O–H groups in total. The topological polar surface area (TPSA) is 26.0 Å². The Bertz CT molecular complexity index is 2810. The minimum atomic E-state index is -0.285. The molecule has 1 unspecified atom stereocenters. The van der Waals surface area contributed by atoms with Gasteiger partial charge >= 0.3 is 0 Å². The molecule has 1 atom stereocenters. The number of aromatic nitrogens is 1. The highest BCUT2D eigenvalue weighted by molar-refractivity contribution is 6.23. The van der Waals surface area contributed by atoms with Crippen LogP contribution in [0.2, 0.25) is 0 Å². The van der Waals surface area contributed by atoms with Crippen LogP contribution in [0.3, 0.4) is 0 Å². The van der Waals surface area contributed by atoms with E-state index in [1.54, 1.807) is 0 Å². The van der Waals surface area contributed by atoms with E-state index >= 15 is 0 Å². The Hall–Kier alpha value is -6.25. The molecular formula is C47H29NO. The lowest BCUT2D eigenvalue weighted by Crippen LogP contribution is -2.22. The van der Waals surface area contributed by atoms with Gasteiger partial charge in [-0.15, -0.1) is 0 Å². The van der Waals surface area contributed by atoms with Gasteiger partial charge in [-0.2, -0.15) is 0 Å². The van der Waals surface area contributed by atoms with E-state index in [9.17, 15) is 0 Å². The number of benzene rings is 8. The van der Waals surface area contributed by atoms with Crippen LogP contribution < -0.4 is 0 Å². The lowest BCUT2D eigenvalue weighted by Gasteiger charge is -2.30. The number of rotatable bonds is 2. The second-order valence-corrected chi connectivity index (χ2v) is 13.6. The van der Waals surface area contributed by atoms with Gasteiger partial charge in [0.25, 0.3) is 0 Å². The van der Waals surface area contributed by atoms with Crippen LogP contribution in [0.5, 0.6) is 0 Å². The monoisotopic (exact) mass is 623 g/mol. The van der Waals surface area contributed by atoms with Crippen molar-refractivity contribution in [1.29, 1.82) is 0 Å². The molecule has 0 aliphatic heterocycles. The van der Waals surface area contributed by atoms with Gasteiger partial charge in [-0.3, -0.25) is 0 Å². The average molecular weight is 624 g/mol. The summed E-state index contributed by atoms with van der Waals surface area (Å²) in [6, 6.07) is 57.9. The Kier molecular flexibility index (Phi) is 5.28. The molecule has 228 valence electrons. The van der Waals surface area contributed by atoms with E-state index in [0.29, 0.717) is 5.89 Å². The van der Waals surface area contributed by atoms with Crippen molar-refractivity contribution < 1.29 is 4.42 Å². The lowest BCUT2D eigenvalue weighted by atomic mass is 9.72. The maximum Gasteiger partial charge on any atom is 0.227 e. The van der Waals surface area contributed by atoms with Gasteiger partial charge in [0.1, 0.15) is 5.52 Å². The fourth-order valence-corrected chi connectivity index (χ4v) is 8.80. The van der Waals surface area contributed by atoms with Gasteiger partial charge in [-0.05, 0) is 132 Å². The van der Waals surface area contributed by atoms with Crippen molar-refractivity contribution in [3.8, 4) is 56.0 Å². The molecule has 0 spiro atoms. The Balaban J connectivity index is 1.27. The van der Waals surface area contributed by atoms with Crippen molar-refractivity contribution in [3.05, 3.63) is 174 Å². The van der Waals surface area contributed by atoms with Crippen LogP contribution in [-0.4, -0.2) is 4.98 Å². The van der Waals surface area contributed by atoms with Gasteiger partial charge in [0.15, 0.2) is 5.58 Å². The van der Waals surface area contributed by atoms with E-state index in [-0.39, 0.29) is 5.41 Å². The quantitative estimate of drug-likeness (QED) is 0.179. The first kappa shape index (κ1) is 26.8. The molecule has 49 heavy (non-hydrogen) atoms. The summed E-state index contributed by atoms with van der Waals surface area (Å²) < 4.78 is 6.14. The zero-order valence-corrected chi connectivity index (χ0v) is 26.9. The summed E-state index contributed by atoms with van der Waals surface area (Å²) in [4.78, 5) is 4.77. The van der Waals surface area contributed by atoms with Gasteiger partial charge in [0.05, 0.1) is 0 Å². The first-order valence-corrected chi connectivity index (χ1v) is 17.0. The Morgan fingerprint density at radius 3 is 1.96 bits per heavy atom. The van der Waals surface area contributed by atoms with Crippen LogP contribution in [0.25, 0.3) is 88.6 Å². The summed E-state index contributed by atoms with van der Waals surface area (Å²) in [7, 11) is 0. The molecule has 1 heterocycles. The van der Waals surface area contributed by atoms with E-state index in [2.05, 4.69) is 140 Å². The Morgan fingerprint density at radius 2 is 1.12 bits per heavy atom. The van der Waals surface area contributed by atoms with E-state index in [0.717, 1.165) is 16.7 Å². The fraction of sp³-hybridized carbons (Fsp3) is 0.0426. The summed E-state index contributed by atoms with van der Waals surface area (Å²) >= 11 is 0. The number of hydrogen-bond donors (Lipinski definition) is 0. The first-order chi connectivity index (χ1) is 24.2. The molecule has 8 aromatic carbocycles. The molecule has 0 amide bonds. The molecule has 4 bridgehead atoms. The molecule has 0 fully saturated rings. The minimum Gasteiger partial charge on any atom is -0.436 e. The molecule has 1 aromatic heterocycles. The lowest BCUT2D eigenvalue weighted by molar-refractivity contribution is 0.620. The molecule has 2 heteroatoms. The predicted octanol–water partition coefficient (Wildman–Crippen LogP) is 12.5. The van der Waals surface area contributed by atoms with Crippen molar-refractivity contribution in [2.24, 2.45) is 0 Å². The zero-order chi connectivity index (χ0) is 32.3. The highest BCUT2D eigenvalue weighted by Gasteiger charge is 2.42. The number of para-hydroxylation sites is 2. The molecule has 0 saturated heterocycles. The van der Waals surface area contributed by atoms with Crippen molar-refractivity contribution in [1.82, 2.24) is 4.98 Å². The molecule has 2 aliphatic rings. The van der Waals surface area contributed by atoms with Crippen LogP contribution in [0, 0.1) is 0 Å². The van der Waals surface area contributed by atoms with Crippen molar-refractivity contribution in [3.63, 3.8) is 0 Å². The fourth-order valence-electron chi connectivity index (χ4n) is 8.80. The molecule has 2 nitrogen and oxygen atoms in total. The van der Waals surface area contributed by atoms with Gasteiger partial charge in [0, 0.05) is 11.0 Å². The van der Waals surface area contributed by atoms with Gasteiger partial charge in [-0.25, -0.2) is 4.98 Å². The normalized spacial score (nSPS) is 15.5. The first-order valence-electron chi connectivity index (χ1n) is 17.0. The van der Waals surface area contributed by atoms with Crippen LogP contribution in [0.1, 0.15) is 23.6 Å². The van der Waals surface area contributed by atoms with Crippen LogP contribution in [0.15, 0.2) is 162 Å². The number of oxazole rings is 1. The van der Waals surface area contributed by atoms with E-state index < -0.39 is 0 Å². The van der Waals surface area contributed by atoms with Crippen molar-refractivity contribution >= 4 is 32.6 Å². The maximum atomic E-state index is 6.14. The second-order valence-electron chi connectivity index (χ2n) is 13.6. The van der Waals surface area contributed by atoms with Gasteiger partial charge in [0.2, 0.25) is 5.89 Å². The average Bonchev–Trinajstić information content (AvgIpc) is 3.71. The maximum absolute atomic E-state index is 6.14. The van der Waals surface area contributed by atoms with E-state index in [1.807, 2.05) is 24.3 Å². The summed E-state index contributed by atoms with van der Waals surface area (Å²) in [5.41, 5.74) is 16.5. The number of fused-ring (bicyclic) bond motifs is 12. The highest BCUT2D eigenvalue weighted by atomic mass is 16.3. The summed E-state index contributed by atoms with van der Waals surface area (Å²) in [5.74, 6) is 0.640. The predicted molar refractivity (Wildman–Crippen MR) is 202 cm³/mol. The molecule has 9 aromatic rings. The van der Waals surface area contributed by atoms with Crippen LogP contribution in [0.4, 0.5) is 0 Å². The largest absolute Gasteiger partial charge is 0.436 e. The standard InChI is InChI=1S/C47H29NO/c1-47-31-12-10-11-30(25-31)32-13-2-3-15-34(32)45-36-17-5-4-16-35(36)44(38-26-37(41(47)27-39(38)45)33-14-6-7-18-40(33)47)28-21-23-29(24-22-28)46-48-42-19-8-9-20-43(42)49-46/h2-27H,1H3. The van der Waals surface area contributed by atoms with Crippen molar-refractivity contribution in [2.45, 2.75) is 12.3 Å². The third-order valence-electron chi connectivity index (χ3n) is 11.1. The number of nitrogens with zero attached hydrogens (tertiary/aromatic N) is 1. The third-order valence-corrected chi connectivity index (χ3v) is 11.1. The van der Waals surface area contributed by atoms with Crippen molar-refractivity contribution in [2.75, 3.05) is 0 Å². The van der Waals surface area contributed by atoms with E-state index in [4.69, 9.17) is 9.40 Å². The third kappa shape index (κ3) is 3.58. The second kappa shape index (κ2) is 9.65. The smallest absolute Gasteiger partial charge is 0.227 e. The Morgan fingerprint density at radius 1 is 0.449 bits per heavy atom. The van der Waals surface area contributed by atoms with Gasteiger partial charge in [-0.1, -0.05) is 115 Å². The van der Waals surface area contributed by atoms with Crippen LogP contribution in [-0.2, 0) is 5.41 Å². The summed E-state index contributed by atoms with van der Waals surface area (Å²) in [6.07, 6.45) is 0.